The fourth-order valence-electron chi connectivity index (χ4n) is 0.898. The Labute approximate surface area is 68.6 Å². The normalized spacial score (nSPS) is 23.1. The number of hydrogen-bond donors (Lipinski definition) is 0. The van der Waals surface area contributed by atoms with E-state index in [1.165, 1.54) is 7.11 Å². The van der Waals surface area contributed by atoms with E-state index in [2.05, 4.69) is 9.47 Å². The van der Waals surface area contributed by atoms with E-state index in [1.807, 2.05) is 0 Å². The van der Waals surface area contributed by atoms with Gasteiger partial charge >= 0.3 is 11.8 Å². The van der Waals surface area contributed by atoms with Crippen LogP contribution in [0.2, 0.25) is 0 Å². The minimum absolute atomic E-state index is 0.243. The lowest BCUT2D eigenvalue weighted by molar-refractivity contribution is -0.149. The van der Waals surface area contributed by atoms with Gasteiger partial charge in [-0.25, -0.2) is 4.79 Å². The maximum absolute atomic E-state index is 10.9. The number of Topliss-reactive ketones (excluding diaryl/α,β-unsaturated/α-hetero) is 2. The molecule has 1 heterocycles. The van der Waals surface area contributed by atoms with Gasteiger partial charge in [-0.2, -0.15) is 0 Å². The molecular formula is C7H8O5. The third-order valence-electron chi connectivity index (χ3n) is 1.54. The number of carbonyl (C=O) groups excluding carboxylic acids is 3. The minimum Gasteiger partial charge on any atom is -0.448 e. The lowest BCUT2D eigenvalue weighted by Crippen LogP contribution is -2.21. The number of methoxy groups -OCH3 is 1. The van der Waals surface area contributed by atoms with Gasteiger partial charge < -0.3 is 9.47 Å². The van der Waals surface area contributed by atoms with Crippen molar-refractivity contribution >= 4 is 17.5 Å². The van der Waals surface area contributed by atoms with Crippen LogP contribution >= 0.6 is 0 Å². The molecule has 12 heavy (non-hydrogen) atoms. The summed E-state index contributed by atoms with van der Waals surface area (Å²) in [5.74, 6) is -2.88. The summed E-state index contributed by atoms with van der Waals surface area (Å²) in [5, 5.41) is 0. The molecule has 5 nitrogen and oxygen atoms in total. The Morgan fingerprint density at radius 2 is 2.08 bits per heavy atom. The van der Waals surface area contributed by atoms with Gasteiger partial charge in [0.25, 0.3) is 5.78 Å². The molecule has 5 heteroatoms. The molecule has 0 aliphatic carbocycles. The topological polar surface area (TPSA) is 69.7 Å². The maximum Gasteiger partial charge on any atom is 0.383 e. The predicted octanol–water partition coefficient (Wildman–Crippen LogP) is -0.914. The molecule has 1 saturated heterocycles. The highest BCUT2D eigenvalue weighted by atomic mass is 16.6. The third kappa shape index (κ3) is 1.50. The van der Waals surface area contributed by atoms with Crippen molar-refractivity contribution < 1.29 is 23.9 Å². The third-order valence-corrected chi connectivity index (χ3v) is 1.54. The van der Waals surface area contributed by atoms with Gasteiger partial charge in [-0.15, -0.1) is 0 Å². The quantitative estimate of drug-likeness (QED) is 0.407. The molecule has 1 rings (SSSR count). The first kappa shape index (κ1) is 8.86. The predicted molar refractivity (Wildman–Crippen MR) is 36.4 cm³/mol. The second-order valence-corrected chi connectivity index (χ2v) is 2.37. The van der Waals surface area contributed by atoms with E-state index in [1.54, 1.807) is 0 Å². The van der Waals surface area contributed by atoms with Crippen LogP contribution in [0, 0.1) is 0 Å². The maximum atomic E-state index is 10.9. The zero-order valence-corrected chi connectivity index (χ0v) is 6.53. The first-order valence-electron chi connectivity index (χ1n) is 3.45. The van der Waals surface area contributed by atoms with E-state index < -0.39 is 23.6 Å². The Morgan fingerprint density at radius 1 is 1.42 bits per heavy atom. The number of esters is 1. The molecule has 0 saturated carbocycles. The molecule has 0 bridgehead atoms. The van der Waals surface area contributed by atoms with E-state index in [9.17, 15) is 14.4 Å². The lowest BCUT2D eigenvalue weighted by Gasteiger charge is -2.03. The van der Waals surface area contributed by atoms with Crippen LogP contribution in [-0.2, 0) is 23.9 Å². The number of cyclic esters (lactones) is 1. The van der Waals surface area contributed by atoms with Crippen molar-refractivity contribution in [3.63, 3.8) is 0 Å². The highest BCUT2D eigenvalue weighted by Crippen LogP contribution is 2.10. The summed E-state index contributed by atoms with van der Waals surface area (Å²) < 4.78 is 9.14. The average molecular weight is 172 g/mol. The van der Waals surface area contributed by atoms with Crippen LogP contribution in [0.4, 0.5) is 0 Å². The van der Waals surface area contributed by atoms with Gasteiger partial charge in [0.15, 0.2) is 6.10 Å². The second-order valence-electron chi connectivity index (χ2n) is 2.37. The fourth-order valence-corrected chi connectivity index (χ4v) is 0.898. The zero-order chi connectivity index (χ0) is 9.14. The van der Waals surface area contributed by atoms with Crippen molar-refractivity contribution in [3.05, 3.63) is 0 Å². The van der Waals surface area contributed by atoms with E-state index >= 15 is 0 Å². The summed E-state index contributed by atoms with van der Waals surface area (Å²) >= 11 is 0. The second kappa shape index (κ2) is 3.44. The summed E-state index contributed by atoms with van der Waals surface area (Å²) in [7, 11) is 1.46. The highest BCUT2D eigenvalue weighted by molar-refractivity contribution is 6.65. The van der Waals surface area contributed by atoms with Crippen LogP contribution < -0.4 is 0 Å². The van der Waals surface area contributed by atoms with E-state index in [4.69, 9.17) is 0 Å². The molecule has 0 amide bonds. The minimum atomic E-state index is -1.06. The summed E-state index contributed by atoms with van der Waals surface area (Å²) in [4.78, 5) is 32.0. The van der Waals surface area contributed by atoms with Gasteiger partial charge in [-0.1, -0.05) is 0 Å². The van der Waals surface area contributed by atoms with Crippen LogP contribution in [0.1, 0.15) is 6.42 Å². The van der Waals surface area contributed by atoms with Crippen molar-refractivity contribution in [2.75, 3.05) is 13.7 Å². The van der Waals surface area contributed by atoms with E-state index in [0.29, 0.717) is 0 Å². The molecule has 1 aliphatic heterocycles. The molecule has 0 unspecified atom stereocenters. The van der Waals surface area contributed by atoms with Crippen molar-refractivity contribution in [1.29, 1.82) is 0 Å². The molecule has 1 fully saturated rings. The Bertz CT molecular complexity index is 232. The first-order chi connectivity index (χ1) is 5.66. The van der Waals surface area contributed by atoms with Gasteiger partial charge in [-0.05, 0) is 0 Å². The molecule has 0 aromatic carbocycles. The average Bonchev–Trinajstić information content (AvgIpc) is 2.30. The van der Waals surface area contributed by atoms with Crippen LogP contribution in [0.5, 0.6) is 0 Å². The van der Waals surface area contributed by atoms with Crippen molar-refractivity contribution in [2.24, 2.45) is 0 Å². The fraction of sp³-hybridized carbons (Fsp3) is 0.571. The summed E-state index contributed by atoms with van der Waals surface area (Å²) in [6, 6.07) is 0. The largest absolute Gasteiger partial charge is 0.448 e. The number of carbonyl (C=O) groups is 3. The summed E-state index contributed by atoms with van der Waals surface area (Å²) in [5.41, 5.74) is 0. The van der Waals surface area contributed by atoms with Crippen LogP contribution in [0.3, 0.4) is 0 Å². The monoisotopic (exact) mass is 172 g/mol. The molecule has 0 aromatic heterocycles. The van der Waals surface area contributed by atoms with Crippen molar-refractivity contribution in [1.82, 2.24) is 0 Å². The van der Waals surface area contributed by atoms with Gasteiger partial charge in [0.2, 0.25) is 0 Å². The molecule has 0 spiro atoms. The van der Waals surface area contributed by atoms with Gasteiger partial charge in [0.1, 0.15) is 0 Å². The van der Waals surface area contributed by atoms with Gasteiger partial charge in [0, 0.05) is 13.5 Å². The molecular weight excluding hydrogens is 164 g/mol. The Balaban J connectivity index is 2.53. The highest BCUT2D eigenvalue weighted by Gasteiger charge is 2.41. The molecule has 0 radical (unpaired) electrons. The van der Waals surface area contributed by atoms with Crippen molar-refractivity contribution in [2.45, 2.75) is 12.5 Å². The Hall–Kier alpha value is -1.23. The van der Waals surface area contributed by atoms with Crippen LogP contribution in [0.15, 0.2) is 0 Å². The first-order valence-corrected chi connectivity index (χ1v) is 3.45. The summed E-state index contributed by atoms with van der Waals surface area (Å²) in [6.07, 6.45) is -0.683. The van der Waals surface area contributed by atoms with E-state index in [0.717, 1.165) is 0 Å². The standard InChI is InChI=1S/C7H8O5/c1-11-3-2-4-5(8)6(9)7(10)12-4/h4H,2-3H2,1H3/t4-/m1/s1. The van der Waals surface area contributed by atoms with Crippen LogP contribution in [0.25, 0.3) is 0 Å². The zero-order valence-electron chi connectivity index (χ0n) is 6.53. The number of ketones is 2. The van der Waals surface area contributed by atoms with Crippen molar-refractivity contribution in [3.8, 4) is 0 Å². The van der Waals surface area contributed by atoms with Crippen LogP contribution in [-0.4, -0.2) is 37.4 Å². The molecule has 1 aliphatic rings. The summed E-state index contributed by atoms with van der Waals surface area (Å²) in [6.45, 7) is 0.289. The Morgan fingerprint density at radius 3 is 2.50 bits per heavy atom. The molecule has 0 aromatic rings. The van der Waals surface area contributed by atoms with Gasteiger partial charge in [0.05, 0.1) is 6.61 Å². The number of hydrogen-bond acceptors (Lipinski definition) is 5. The molecule has 66 valence electrons. The smallest absolute Gasteiger partial charge is 0.383 e. The van der Waals surface area contributed by atoms with Gasteiger partial charge in [-0.3, -0.25) is 9.59 Å². The number of rotatable bonds is 3. The molecule has 1 atom stereocenters. The molecule has 0 N–H and O–H groups in total. The number of ether oxygens (including phenoxy) is 2. The lowest BCUT2D eigenvalue weighted by atomic mass is 10.1. The SMILES string of the molecule is COCC[C@H]1OC(=O)C(=O)C1=O. The van der Waals surface area contributed by atoms with E-state index in [-0.39, 0.29) is 13.0 Å². The Kier molecular flexibility index (Phi) is 2.54.